The highest BCUT2D eigenvalue weighted by atomic mass is 127. The number of hydrogen-bond donors (Lipinski definition) is 0. The highest BCUT2D eigenvalue weighted by Gasteiger charge is 2.22. The molecule has 1 saturated carbocycles. The average molecular weight is 388 g/mol. The number of aryl methyl sites for hydroxylation is 2. The van der Waals surface area contributed by atoms with E-state index >= 15 is 0 Å². The molecule has 0 aromatic carbocycles. The molecular formula is C14H17IN2OS. The van der Waals surface area contributed by atoms with E-state index in [1.165, 1.54) is 23.3 Å². The van der Waals surface area contributed by atoms with Crippen LogP contribution < -0.4 is 4.74 Å². The number of nitrogens with zero attached hydrogens (tertiary/aromatic N) is 2. The number of fused-ring (bicyclic) bond motifs is 1. The molecule has 1 aliphatic rings. The summed E-state index contributed by atoms with van der Waals surface area (Å²) in [5, 5.41) is 1.11. The molecule has 0 N–H and O–H groups in total. The predicted molar refractivity (Wildman–Crippen MR) is 87.6 cm³/mol. The van der Waals surface area contributed by atoms with Gasteiger partial charge in [-0.1, -0.05) is 22.6 Å². The Morgan fingerprint density at radius 1 is 1.21 bits per heavy atom. The molecule has 5 heteroatoms. The number of hydrogen-bond acceptors (Lipinski definition) is 4. The average Bonchev–Trinajstić information content (AvgIpc) is 2.69. The molecule has 2 heterocycles. The smallest absolute Gasteiger partial charge is 0.225 e. The lowest BCUT2D eigenvalue weighted by Gasteiger charge is -2.25. The molecule has 0 atom stereocenters. The van der Waals surface area contributed by atoms with Crippen LogP contribution >= 0.6 is 33.9 Å². The lowest BCUT2D eigenvalue weighted by atomic mass is 9.98. The van der Waals surface area contributed by atoms with Gasteiger partial charge < -0.3 is 4.74 Å². The third kappa shape index (κ3) is 2.72. The van der Waals surface area contributed by atoms with Crippen molar-refractivity contribution in [3.63, 3.8) is 0 Å². The van der Waals surface area contributed by atoms with Gasteiger partial charge in [-0.15, -0.1) is 11.3 Å². The molecule has 0 amide bonds. The van der Waals surface area contributed by atoms with Gasteiger partial charge in [-0.2, -0.15) is 0 Å². The van der Waals surface area contributed by atoms with Crippen LogP contribution in [-0.4, -0.2) is 20.0 Å². The first-order chi connectivity index (χ1) is 9.15. The summed E-state index contributed by atoms with van der Waals surface area (Å²) in [6.45, 7) is 4.26. The Hall–Kier alpha value is -0.430. The Balaban J connectivity index is 1.88. The Bertz CT molecular complexity index is 590. The lowest BCUT2D eigenvalue weighted by Crippen LogP contribution is -2.24. The maximum atomic E-state index is 6.16. The van der Waals surface area contributed by atoms with Crippen molar-refractivity contribution in [2.45, 2.75) is 49.6 Å². The van der Waals surface area contributed by atoms with Crippen LogP contribution in [0, 0.1) is 13.8 Å². The number of alkyl halides is 1. The van der Waals surface area contributed by atoms with Gasteiger partial charge in [0, 0.05) is 8.80 Å². The normalized spacial score (nSPS) is 23.7. The summed E-state index contributed by atoms with van der Waals surface area (Å²) in [5.74, 6) is 0.781. The fraction of sp³-hybridized carbons (Fsp3) is 0.571. The molecule has 2 aromatic heterocycles. The Labute approximate surface area is 130 Å². The topological polar surface area (TPSA) is 35.0 Å². The van der Waals surface area contributed by atoms with Crippen LogP contribution in [0.25, 0.3) is 10.2 Å². The monoisotopic (exact) mass is 388 g/mol. The van der Waals surface area contributed by atoms with Crippen molar-refractivity contribution in [3.8, 4) is 5.88 Å². The fourth-order valence-electron chi connectivity index (χ4n) is 2.54. The summed E-state index contributed by atoms with van der Waals surface area (Å²) in [7, 11) is 0. The molecule has 19 heavy (non-hydrogen) atoms. The first kappa shape index (κ1) is 13.5. The Morgan fingerprint density at radius 2 is 1.95 bits per heavy atom. The maximum absolute atomic E-state index is 6.16. The van der Waals surface area contributed by atoms with Gasteiger partial charge in [0.1, 0.15) is 17.3 Å². The van der Waals surface area contributed by atoms with E-state index in [1.54, 1.807) is 17.7 Å². The quantitative estimate of drug-likeness (QED) is 0.564. The van der Waals surface area contributed by atoms with Crippen molar-refractivity contribution in [3.05, 3.63) is 16.8 Å². The molecule has 0 aliphatic heterocycles. The van der Waals surface area contributed by atoms with Gasteiger partial charge in [0.2, 0.25) is 5.88 Å². The van der Waals surface area contributed by atoms with Crippen LogP contribution in [0.15, 0.2) is 6.33 Å². The third-order valence-electron chi connectivity index (χ3n) is 3.81. The van der Waals surface area contributed by atoms with Crippen LogP contribution in [0.3, 0.4) is 0 Å². The van der Waals surface area contributed by atoms with E-state index in [2.05, 4.69) is 46.4 Å². The van der Waals surface area contributed by atoms with E-state index in [0.29, 0.717) is 6.10 Å². The van der Waals surface area contributed by atoms with Crippen molar-refractivity contribution in [1.29, 1.82) is 0 Å². The van der Waals surface area contributed by atoms with Gasteiger partial charge in [-0.25, -0.2) is 9.97 Å². The predicted octanol–water partition coefficient (Wildman–Crippen LogP) is 4.43. The van der Waals surface area contributed by atoms with Crippen molar-refractivity contribution in [2.75, 3.05) is 0 Å². The molecular weight excluding hydrogens is 371 g/mol. The molecule has 102 valence electrons. The minimum atomic E-state index is 0.323. The lowest BCUT2D eigenvalue weighted by molar-refractivity contribution is 0.154. The molecule has 3 nitrogen and oxygen atoms in total. The minimum Gasteiger partial charge on any atom is -0.474 e. The summed E-state index contributed by atoms with van der Waals surface area (Å²) < 4.78 is 6.98. The van der Waals surface area contributed by atoms with Crippen molar-refractivity contribution >= 4 is 44.1 Å². The summed E-state index contributed by atoms with van der Waals surface area (Å²) in [4.78, 5) is 11.1. The van der Waals surface area contributed by atoms with Crippen LogP contribution in [-0.2, 0) is 0 Å². The summed E-state index contributed by atoms with van der Waals surface area (Å²) in [5.41, 5.74) is 1.26. The van der Waals surface area contributed by atoms with Crippen LogP contribution in [0.2, 0.25) is 0 Å². The highest BCUT2D eigenvalue weighted by molar-refractivity contribution is 14.1. The van der Waals surface area contributed by atoms with Crippen LogP contribution in [0.1, 0.15) is 36.1 Å². The number of thiophene rings is 1. The Kier molecular flexibility index (Phi) is 3.93. The molecule has 0 bridgehead atoms. The van der Waals surface area contributed by atoms with Crippen molar-refractivity contribution in [2.24, 2.45) is 0 Å². The van der Waals surface area contributed by atoms with Gasteiger partial charge in [0.25, 0.3) is 0 Å². The molecule has 1 fully saturated rings. The van der Waals surface area contributed by atoms with E-state index in [9.17, 15) is 0 Å². The van der Waals surface area contributed by atoms with E-state index < -0.39 is 0 Å². The minimum absolute atomic E-state index is 0.323. The van der Waals surface area contributed by atoms with E-state index in [4.69, 9.17) is 4.74 Å². The van der Waals surface area contributed by atoms with E-state index in [1.807, 2.05) is 0 Å². The fourth-order valence-corrected chi connectivity index (χ4v) is 4.24. The molecule has 3 rings (SSSR count). The first-order valence-electron chi connectivity index (χ1n) is 6.66. The Morgan fingerprint density at radius 3 is 2.68 bits per heavy atom. The molecule has 0 radical (unpaired) electrons. The second-order valence-corrected chi connectivity index (χ2v) is 8.10. The zero-order valence-electron chi connectivity index (χ0n) is 11.1. The number of ether oxygens (including phenoxy) is 1. The summed E-state index contributed by atoms with van der Waals surface area (Å²) in [6, 6.07) is 0. The van der Waals surface area contributed by atoms with Gasteiger partial charge in [0.15, 0.2) is 0 Å². The second-order valence-electron chi connectivity index (χ2n) is 5.13. The summed E-state index contributed by atoms with van der Waals surface area (Å²) in [6.07, 6.45) is 6.73. The third-order valence-corrected chi connectivity index (χ3v) is 6.17. The number of rotatable bonds is 2. The van der Waals surface area contributed by atoms with Gasteiger partial charge in [0.05, 0.1) is 5.39 Å². The molecule has 2 aromatic rings. The first-order valence-corrected chi connectivity index (χ1v) is 8.73. The van der Waals surface area contributed by atoms with Gasteiger partial charge in [-0.05, 0) is 45.1 Å². The van der Waals surface area contributed by atoms with E-state index in [0.717, 1.165) is 32.9 Å². The van der Waals surface area contributed by atoms with Gasteiger partial charge in [-0.3, -0.25) is 0 Å². The molecule has 1 aliphatic carbocycles. The van der Waals surface area contributed by atoms with Crippen LogP contribution in [0.5, 0.6) is 5.88 Å². The van der Waals surface area contributed by atoms with Gasteiger partial charge >= 0.3 is 0 Å². The SMILES string of the molecule is Cc1sc2ncnc(O[C@H]3CC[C@H](I)CC3)c2c1C. The van der Waals surface area contributed by atoms with Crippen molar-refractivity contribution < 1.29 is 4.74 Å². The highest BCUT2D eigenvalue weighted by Crippen LogP contribution is 2.35. The number of aromatic nitrogens is 2. The zero-order valence-corrected chi connectivity index (χ0v) is 14.1. The van der Waals surface area contributed by atoms with Crippen LogP contribution in [0.4, 0.5) is 0 Å². The number of halogens is 1. The maximum Gasteiger partial charge on any atom is 0.225 e. The molecule has 0 unspecified atom stereocenters. The summed E-state index contributed by atoms with van der Waals surface area (Å²) >= 11 is 4.26. The second kappa shape index (κ2) is 5.52. The van der Waals surface area contributed by atoms with E-state index in [-0.39, 0.29) is 0 Å². The standard InChI is InChI=1S/C14H17IN2OS/c1-8-9(2)19-14-12(8)13(16-7-17-14)18-11-5-3-10(15)4-6-11/h7,10-11H,3-6H2,1-2H3/t10-,11-. The zero-order chi connectivity index (χ0) is 13.4. The molecule has 0 spiro atoms. The molecule has 0 saturated heterocycles. The van der Waals surface area contributed by atoms with Crippen molar-refractivity contribution in [1.82, 2.24) is 9.97 Å². The largest absolute Gasteiger partial charge is 0.474 e.